The number of fused-ring (bicyclic) bond motifs is 1. The van der Waals surface area contributed by atoms with Crippen LogP contribution in [0, 0.1) is 6.92 Å². The lowest BCUT2D eigenvalue weighted by molar-refractivity contribution is -0.0293. The van der Waals surface area contributed by atoms with Gasteiger partial charge >= 0.3 is 0 Å². The lowest BCUT2D eigenvalue weighted by Gasteiger charge is -2.31. The predicted octanol–water partition coefficient (Wildman–Crippen LogP) is 0.489. The molecule has 1 aliphatic heterocycles. The first-order valence-corrected chi connectivity index (χ1v) is 8.77. The zero-order chi connectivity index (χ0) is 18.8. The molecular weight excluding hydrogens is 350 g/mol. The molecule has 1 atom stereocenters. The van der Waals surface area contributed by atoms with Crippen LogP contribution in [0.15, 0.2) is 24.5 Å². The smallest absolute Gasteiger partial charge is 0.274 e. The summed E-state index contributed by atoms with van der Waals surface area (Å²) >= 11 is 0. The number of aromatic nitrogens is 6. The Kier molecular flexibility index (Phi) is 4.82. The fraction of sp³-hybridized carbons (Fsp3) is 0.471. The van der Waals surface area contributed by atoms with Gasteiger partial charge in [0.05, 0.1) is 26.3 Å². The van der Waals surface area contributed by atoms with E-state index in [0.717, 1.165) is 11.2 Å². The van der Waals surface area contributed by atoms with E-state index in [9.17, 15) is 4.79 Å². The van der Waals surface area contributed by atoms with Gasteiger partial charge in [-0.15, -0.1) is 5.10 Å². The number of aryl methyl sites for hydroxylation is 1. The maximum absolute atomic E-state index is 12.9. The van der Waals surface area contributed by atoms with Gasteiger partial charge in [0.2, 0.25) is 0 Å². The fourth-order valence-electron chi connectivity index (χ4n) is 3.14. The van der Waals surface area contributed by atoms with Crippen LogP contribution in [-0.4, -0.2) is 73.8 Å². The minimum atomic E-state index is -0.381. The molecule has 1 amide bonds. The Morgan fingerprint density at radius 1 is 1.37 bits per heavy atom. The maximum atomic E-state index is 12.9. The Hall–Kier alpha value is -2.85. The number of nitrogens with zero attached hydrogens (tertiary/aromatic N) is 7. The van der Waals surface area contributed by atoms with Crippen molar-refractivity contribution >= 4 is 11.6 Å². The summed E-state index contributed by atoms with van der Waals surface area (Å²) in [6, 6.07) is 3.87. The molecule has 0 N–H and O–H groups in total. The number of ether oxygens (including phenoxy) is 2. The van der Waals surface area contributed by atoms with Crippen molar-refractivity contribution in [3.8, 4) is 0 Å². The lowest BCUT2D eigenvalue weighted by atomic mass is 10.2. The first-order valence-electron chi connectivity index (χ1n) is 8.77. The van der Waals surface area contributed by atoms with Crippen molar-refractivity contribution < 1.29 is 14.3 Å². The summed E-state index contributed by atoms with van der Waals surface area (Å²) in [5.41, 5.74) is 2.27. The number of pyridine rings is 1. The molecule has 4 heterocycles. The number of carbonyl (C=O) groups is 1. The topological polar surface area (TPSA) is 99.7 Å². The number of rotatable bonds is 5. The summed E-state index contributed by atoms with van der Waals surface area (Å²) < 4.78 is 14.4. The van der Waals surface area contributed by atoms with Gasteiger partial charge < -0.3 is 18.8 Å². The van der Waals surface area contributed by atoms with Gasteiger partial charge in [-0.3, -0.25) is 4.79 Å². The highest BCUT2D eigenvalue weighted by molar-refractivity contribution is 5.93. The number of morpholine rings is 1. The summed E-state index contributed by atoms with van der Waals surface area (Å²) in [5, 5.41) is 11.8. The summed E-state index contributed by atoms with van der Waals surface area (Å²) in [6.07, 6.45) is 3.33. The van der Waals surface area contributed by atoms with Gasteiger partial charge in [0.25, 0.3) is 5.91 Å². The van der Waals surface area contributed by atoms with E-state index in [1.807, 2.05) is 29.7 Å². The quantitative estimate of drug-likeness (QED) is 0.643. The predicted molar refractivity (Wildman–Crippen MR) is 94.2 cm³/mol. The zero-order valence-electron chi connectivity index (χ0n) is 15.3. The minimum absolute atomic E-state index is 0.124. The zero-order valence-corrected chi connectivity index (χ0v) is 15.3. The van der Waals surface area contributed by atoms with Crippen molar-refractivity contribution in [3.63, 3.8) is 0 Å². The first-order chi connectivity index (χ1) is 13.2. The summed E-state index contributed by atoms with van der Waals surface area (Å²) in [4.78, 5) is 19.1. The summed E-state index contributed by atoms with van der Waals surface area (Å²) in [6.45, 7) is 4.31. The van der Waals surface area contributed by atoms with Gasteiger partial charge in [-0.25, -0.2) is 9.67 Å². The molecule has 0 saturated carbocycles. The van der Waals surface area contributed by atoms with Crippen LogP contribution in [0.25, 0.3) is 5.65 Å². The van der Waals surface area contributed by atoms with Crippen LogP contribution < -0.4 is 0 Å². The van der Waals surface area contributed by atoms with Gasteiger partial charge in [-0.05, 0) is 29.0 Å². The third kappa shape index (κ3) is 3.53. The van der Waals surface area contributed by atoms with Crippen LogP contribution in [0.2, 0.25) is 0 Å². The molecule has 10 nitrogen and oxygen atoms in total. The average Bonchev–Trinajstić information content (AvgIpc) is 3.32. The van der Waals surface area contributed by atoms with E-state index in [2.05, 4.69) is 20.5 Å². The van der Waals surface area contributed by atoms with E-state index < -0.39 is 0 Å². The van der Waals surface area contributed by atoms with E-state index in [4.69, 9.17) is 9.47 Å². The van der Waals surface area contributed by atoms with Gasteiger partial charge in [-0.2, -0.15) is 0 Å². The van der Waals surface area contributed by atoms with Crippen LogP contribution in [-0.2, 0) is 16.0 Å². The summed E-state index contributed by atoms with van der Waals surface area (Å²) in [5.74, 6) is 0.468. The Morgan fingerprint density at radius 3 is 3.11 bits per heavy atom. The highest BCUT2D eigenvalue weighted by Crippen LogP contribution is 2.21. The van der Waals surface area contributed by atoms with Crippen LogP contribution in [0.4, 0.5) is 0 Å². The van der Waals surface area contributed by atoms with Crippen LogP contribution >= 0.6 is 0 Å². The molecule has 0 radical (unpaired) electrons. The Labute approximate surface area is 155 Å². The van der Waals surface area contributed by atoms with Crippen molar-refractivity contribution in [2.24, 2.45) is 0 Å². The minimum Gasteiger partial charge on any atom is -0.383 e. The number of tetrazole rings is 1. The molecule has 142 valence electrons. The number of hydrogen-bond acceptors (Lipinski definition) is 7. The standard InChI is InChI=1S/C17H21N7O3/c1-12-3-4-15-18-13(10-23(15)9-12)17(25)22-5-8-27-14(11-22)16-19-20-21-24(16)6-7-26-2/h3-4,9-10,14H,5-8,11H2,1-2H3. The highest BCUT2D eigenvalue weighted by atomic mass is 16.5. The van der Waals surface area contributed by atoms with Crippen LogP contribution in [0.1, 0.15) is 28.0 Å². The molecule has 0 aliphatic carbocycles. The first kappa shape index (κ1) is 17.6. The SMILES string of the molecule is COCCn1nnnc1C1CN(C(=O)c2cn3cc(C)ccc3n2)CCO1. The molecule has 1 saturated heterocycles. The molecule has 0 spiro atoms. The van der Waals surface area contributed by atoms with E-state index in [0.29, 0.717) is 44.4 Å². The Balaban J connectivity index is 1.52. The largest absolute Gasteiger partial charge is 0.383 e. The van der Waals surface area contributed by atoms with E-state index >= 15 is 0 Å². The van der Waals surface area contributed by atoms with Crippen molar-refractivity contribution in [3.05, 3.63) is 41.6 Å². The second-order valence-electron chi connectivity index (χ2n) is 6.46. The molecular formula is C17H21N7O3. The fourth-order valence-corrected chi connectivity index (χ4v) is 3.14. The molecule has 27 heavy (non-hydrogen) atoms. The second kappa shape index (κ2) is 7.41. The molecule has 4 rings (SSSR count). The van der Waals surface area contributed by atoms with E-state index in [1.165, 1.54) is 0 Å². The lowest BCUT2D eigenvalue weighted by Crippen LogP contribution is -2.43. The van der Waals surface area contributed by atoms with Gasteiger partial charge in [0, 0.05) is 26.0 Å². The van der Waals surface area contributed by atoms with Gasteiger partial charge in [0.1, 0.15) is 17.4 Å². The number of hydrogen-bond donors (Lipinski definition) is 0. The van der Waals surface area contributed by atoms with Gasteiger partial charge in [-0.1, -0.05) is 6.07 Å². The molecule has 3 aromatic heterocycles. The maximum Gasteiger partial charge on any atom is 0.274 e. The molecule has 0 aromatic carbocycles. The number of imidazole rings is 1. The Morgan fingerprint density at radius 2 is 2.26 bits per heavy atom. The number of carbonyl (C=O) groups excluding carboxylic acids is 1. The monoisotopic (exact) mass is 371 g/mol. The van der Waals surface area contributed by atoms with E-state index in [-0.39, 0.29) is 12.0 Å². The molecule has 0 bridgehead atoms. The van der Waals surface area contributed by atoms with Crippen molar-refractivity contribution in [1.29, 1.82) is 0 Å². The number of methoxy groups -OCH3 is 1. The van der Waals surface area contributed by atoms with Crippen molar-refractivity contribution in [1.82, 2.24) is 34.5 Å². The van der Waals surface area contributed by atoms with Crippen molar-refractivity contribution in [2.45, 2.75) is 19.6 Å². The number of amides is 1. The average molecular weight is 371 g/mol. The highest BCUT2D eigenvalue weighted by Gasteiger charge is 2.30. The molecule has 10 heteroatoms. The van der Waals surface area contributed by atoms with Crippen LogP contribution in [0.5, 0.6) is 0 Å². The van der Waals surface area contributed by atoms with E-state index in [1.54, 1.807) is 22.9 Å². The Bertz CT molecular complexity index is 951. The van der Waals surface area contributed by atoms with Crippen LogP contribution in [0.3, 0.4) is 0 Å². The molecule has 1 fully saturated rings. The molecule has 1 aliphatic rings. The molecule has 1 unspecified atom stereocenters. The van der Waals surface area contributed by atoms with Crippen molar-refractivity contribution in [2.75, 3.05) is 33.4 Å². The normalized spacial score (nSPS) is 17.6. The molecule has 3 aromatic rings. The third-order valence-corrected chi connectivity index (χ3v) is 4.53. The van der Waals surface area contributed by atoms with Gasteiger partial charge in [0.15, 0.2) is 5.82 Å². The second-order valence-corrected chi connectivity index (χ2v) is 6.46. The third-order valence-electron chi connectivity index (χ3n) is 4.53. The summed E-state index contributed by atoms with van der Waals surface area (Å²) in [7, 11) is 1.62.